The monoisotopic (exact) mass is 288 g/mol. The van der Waals surface area contributed by atoms with Gasteiger partial charge in [0.2, 0.25) is 0 Å². The Balaban J connectivity index is 1.91. The molecule has 0 amide bonds. The van der Waals surface area contributed by atoms with Crippen LogP contribution in [0.25, 0.3) is 0 Å². The van der Waals surface area contributed by atoms with Gasteiger partial charge in [-0.2, -0.15) is 0 Å². The first-order valence-electron chi connectivity index (χ1n) is 8.43. The fraction of sp³-hybridized carbons (Fsp3) is 0.632. The Bertz CT molecular complexity index is 430. The predicted molar refractivity (Wildman–Crippen MR) is 86.3 cm³/mol. The first kappa shape index (κ1) is 16.1. The number of carbonyl (C=O) groups is 1. The molecule has 1 aromatic carbocycles. The summed E-state index contributed by atoms with van der Waals surface area (Å²) in [5, 5.41) is 9.73. The lowest BCUT2D eigenvalue weighted by atomic mass is 9.67. The van der Waals surface area contributed by atoms with Crippen LogP contribution >= 0.6 is 0 Å². The third-order valence-corrected chi connectivity index (χ3v) is 5.22. The molecule has 2 nitrogen and oxygen atoms in total. The van der Waals surface area contributed by atoms with Gasteiger partial charge in [0.05, 0.1) is 5.41 Å². The molecule has 0 aliphatic heterocycles. The molecule has 0 heterocycles. The number of hydrogen-bond acceptors (Lipinski definition) is 1. The van der Waals surface area contributed by atoms with E-state index < -0.39 is 11.4 Å². The van der Waals surface area contributed by atoms with Crippen LogP contribution in [0.2, 0.25) is 0 Å². The van der Waals surface area contributed by atoms with Crippen molar-refractivity contribution in [3.05, 3.63) is 35.9 Å². The van der Waals surface area contributed by atoms with Crippen molar-refractivity contribution in [2.75, 3.05) is 0 Å². The lowest BCUT2D eigenvalue weighted by molar-refractivity contribution is -0.152. The highest BCUT2D eigenvalue weighted by atomic mass is 16.4. The van der Waals surface area contributed by atoms with Crippen molar-refractivity contribution in [2.24, 2.45) is 11.3 Å². The summed E-state index contributed by atoms with van der Waals surface area (Å²) in [5.74, 6) is 0.182. The van der Waals surface area contributed by atoms with E-state index in [1.54, 1.807) is 0 Å². The van der Waals surface area contributed by atoms with E-state index >= 15 is 0 Å². The van der Waals surface area contributed by atoms with Gasteiger partial charge in [0.15, 0.2) is 0 Å². The lowest BCUT2D eigenvalue weighted by Gasteiger charge is -2.37. The largest absolute Gasteiger partial charge is 0.481 e. The Morgan fingerprint density at radius 2 is 1.90 bits per heavy atom. The van der Waals surface area contributed by atoms with Crippen LogP contribution in [0.1, 0.15) is 63.9 Å². The second-order valence-electron chi connectivity index (χ2n) is 6.66. The van der Waals surface area contributed by atoms with Gasteiger partial charge >= 0.3 is 5.97 Å². The van der Waals surface area contributed by atoms with Crippen LogP contribution in [0.4, 0.5) is 0 Å². The standard InChI is InChI=1S/C19H28O2/c1-2-3-7-17-11-14-19(15-12-17,18(20)21)13-10-16-8-5-4-6-9-16/h4-6,8-9,17H,2-3,7,10-15H2,1H3,(H,20,21). The third kappa shape index (κ3) is 4.33. The number of carboxylic acid groups (broad SMARTS) is 1. The minimum Gasteiger partial charge on any atom is -0.481 e. The van der Waals surface area contributed by atoms with E-state index in [0.717, 1.165) is 44.4 Å². The van der Waals surface area contributed by atoms with E-state index in [9.17, 15) is 9.90 Å². The van der Waals surface area contributed by atoms with E-state index in [0.29, 0.717) is 0 Å². The number of benzene rings is 1. The molecule has 0 saturated heterocycles. The number of aryl methyl sites for hydroxylation is 1. The van der Waals surface area contributed by atoms with Gasteiger partial charge in [-0.1, -0.05) is 56.5 Å². The zero-order valence-corrected chi connectivity index (χ0v) is 13.2. The molecule has 1 aromatic rings. The summed E-state index contributed by atoms with van der Waals surface area (Å²) in [6.07, 6.45) is 9.41. The molecule has 1 saturated carbocycles. The molecule has 1 fully saturated rings. The van der Waals surface area contributed by atoms with Crippen LogP contribution in [0.15, 0.2) is 30.3 Å². The summed E-state index contributed by atoms with van der Waals surface area (Å²) < 4.78 is 0. The Hall–Kier alpha value is -1.31. The molecule has 0 spiro atoms. The van der Waals surface area contributed by atoms with Crippen molar-refractivity contribution in [1.82, 2.24) is 0 Å². The summed E-state index contributed by atoms with van der Waals surface area (Å²) in [5.41, 5.74) is 0.782. The Morgan fingerprint density at radius 3 is 2.48 bits per heavy atom. The normalized spacial score (nSPS) is 25.7. The zero-order chi connectivity index (χ0) is 15.1. The highest BCUT2D eigenvalue weighted by Crippen LogP contribution is 2.44. The van der Waals surface area contributed by atoms with Crippen molar-refractivity contribution < 1.29 is 9.90 Å². The molecule has 0 unspecified atom stereocenters. The molecule has 2 heteroatoms. The van der Waals surface area contributed by atoms with Crippen LogP contribution in [-0.2, 0) is 11.2 Å². The average molecular weight is 288 g/mol. The summed E-state index contributed by atoms with van der Waals surface area (Å²) in [6.45, 7) is 2.23. The lowest BCUT2D eigenvalue weighted by Crippen LogP contribution is -2.36. The number of unbranched alkanes of at least 4 members (excludes halogenated alkanes) is 1. The molecule has 21 heavy (non-hydrogen) atoms. The fourth-order valence-corrected chi connectivity index (χ4v) is 3.61. The van der Waals surface area contributed by atoms with Crippen LogP contribution < -0.4 is 0 Å². The van der Waals surface area contributed by atoms with Crippen molar-refractivity contribution in [2.45, 2.75) is 64.7 Å². The summed E-state index contributed by atoms with van der Waals surface area (Å²) in [7, 11) is 0. The highest BCUT2D eigenvalue weighted by molar-refractivity contribution is 5.74. The molecule has 2 rings (SSSR count). The number of rotatable bonds is 7. The fourth-order valence-electron chi connectivity index (χ4n) is 3.61. The Morgan fingerprint density at radius 1 is 1.24 bits per heavy atom. The van der Waals surface area contributed by atoms with Crippen molar-refractivity contribution >= 4 is 5.97 Å². The van der Waals surface area contributed by atoms with E-state index in [4.69, 9.17) is 0 Å². The van der Waals surface area contributed by atoms with Gasteiger partial charge in [0.1, 0.15) is 0 Å². The minimum atomic E-state index is -0.577. The molecule has 116 valence electrons. The molecule has 1 aliphatic rings. The van der Waals surface area contributed by atoms with Gasteiger partial charge in [-0.15, -0.1) is 0 Å². The molecule has 0 atom stereocenters. The Kier molecular flexibility index (Phi) is 5.84. The summed E-state index contributed by atoms with van der Waals surface area (Å²) >= 11 is 0. The highest BCUT2D eigenvalue weighted by Gasteiger charge is 2.41. The van der Waals surface area contributed by atoms with E-state index in [2.05, 4.69) is 19.1 Å². The maximum absolute atomic E-state index is 11.8. The van der Waals surface area contributed by atoms with Gasteiger partial charge < -0.3 is 5.11 Å². The zero-order valence-electron chi connectivity index (χ0n) is 13.2. The van der Waals surface area contributed by atoms with Crippen molar-refractivity contribution in [3.8, 4) is 0 Å². The molecular formula is C19H28O2. The van der Waals surface area contributed by atoms with Gasteiger partial charge in [-0.3, -0.25) is 4.79 Å². The van der Waals surface area contributed by atoms with Crippen LogP contribution in [0.5, 0.6) is 0 Å². The molecule has 1 aliphatic carbocycles. The smallest absolute Gasteiger partial charge is 0.309 e. The van der Waals surface area contributed by atoms with Gasteiger partial charge in [0, 0.05) is 0 Å². The number of carboxylic acids is 1. The predicted octanol–water partition coefficient (Wildman–Crippen LogP) is 5.07. The summed E-state index contributed by atoms with van der Waals surface area (Å²) in [6, 6.07) is 10.3. The van der Waals surface area contributed by atoms with Crippen LogP contribution in [0.3, 0.4) is 0 Å². The van der Waals surface area contributed by atoms with Crippen molar-refractivity contribution in [1.29, 1.82) is 0 Å². The molecular weight excluding hydrogens is 260 g/mol. The number of aliphatic carboxylic acids is 1. The number of hydrogen-bond donors (Lipinski definition) is 1. The minimum absolute atomic E-state index is 0.474. The van der Waals surface area contributed by atoms with E-state index in [1.807, 2.05) is 18.2 Å². The van der Waals surface area contributed by atoms with Gasteiger partial charge in [0.25, 0.3) is 0 Å². The third-order valence-electron chi connectivity index (χ3n) is 5.22. The quantitative estimate of drug-likeness (QED) is 0.760. The topological polar surface area (TPSA) is 37.3 Å². The summed E-state index contributed by atoms with van der Waals surface area (Å²) in [4.78, 5) is 11.8. The second kappa shape index (κ2) is 7.63. The average Bonchev–Trinajstić information content (AvgIpc) is 2.53. The van der Waals surface area contributed by atoms with Crippen LogP contribution in [-0.4, -0.2) is 11.1 Å². The second-order valence-corrected chi connectivity index (χ2v) is 6.66. The van der Waals surface area contributed by atoms with Crippen molar-refractivity contribution in [3.63, 3.8) is 0 Å². The maximum Gasteiger partial charge on any atom is 0.309 e. The van der Waals surface area contributed by atoms with E-state index in [1.165, 1.54) is 24.8 Å². The van der Waals surface area contributed by atoms with Crippen LogP contribution in [0, 0.1) is 11.3 Å². The first-order valence-corrected chi connectivity index (χ1v) is 8.43. The molecule has 0 bridgehead atoms. The first-order chi connectivity index (χ1) is 10.2. The molecule has 0 aromatic heterocycles. The Labute approximate surface area is 128 Å². The SMILES string of the molecule is CCCCC1CCC(CCc2ccccc2)(C(=O)O)CC1. The van der Waals surface area contributed by atoms with E-state index in [-0.39, 0.29) is 0 Å². The van der Waals surface area contributed by atoms with Gasteiger partial charge in [-0.05, 0) is 50.0 Å². The maximum atomic E-state index is 11.8. The molecule has 1 N–H and O–H groups in total. The van der Waals surface area contributed by atoms with Gasteiger partial charge in [-0.25, -0.2) is 0 Å². The molecule has 0 radical (unpaired) electrons.